The molecule has 4 aliphatic carbocycles. The van der Waals surface area contributed by atoms with Crippen molar-refractivity contribution in [2.45, 2.75) is 76.8 Å². The first-order valence-electron chi connectivity index (χ1n) is 10.1. The van der Waals surface area contributed by atoms with E-state index in [0.717, 1.165) is 25.7 Å². The van der Waals surface area contributed by atoms with Crippen LogP contribution < -0.4 is 0 Å². The van der Waals surface area contributed by atoms with Gasteiger partial charge in [0.1, 0.15) is 5.60 Å². The highest BCUT2D eigenvalue weighted by atomic mass is 16.3. The Morgan fingerprint density at radius 2 is 1.85 bits per heavy atom. The number of hydrogen-bond donors (Lipinski definition) is 4. The summed E-state index contributed by atoms with van der Waals surface area (Å²) in [5.41, 5.74) is -0.834. The summed E-state index contributed by atoms with van der Waals surface area (Å²) < 4.78 is 0. The van der Waals surface area contributed by atoms with Crippen LogP contribution >= 0.6 is 0 Å². The lowest BCUT2D eigenvalue weighted by Crippen LogP contribution is -2.58. The summed E-state index contributed by atoms with van der Waals surface area (Å²) in [4.78, 5) is 0. The third-order valence-corrected chi connectivity index (χ3v) is 8.99. The van der Waals surface area contributed by atoms with E-state index in [0.29, 0.717) is 6.42 Å². The van der Waals surface area contributed by atoms with E-state index >= 15 is 0 Å². The highest BCUT2D eigenvalue weighted by Gasteiger charge is 2.70. The average molecular weight is 360 g/mol. The third kappa shape index (κ3) is 2.01. The van der Waals surface area contributed by atoms with Gasteiger partial charge in [0.2, 0.25) is 0 Å². The van der Waals surface area contributed by atoms with E-state index < -0.39 is 29.1 Å². The van der Waals surface area contributed by atoms with Crippen molar-refractivity contribution in [2.24, 2.45) is 34.5 Å². The zero-order valence-corrected chi connectivity index (χ0v) is 16.0. The monoisotopic (exact) mass is 360 g/mol. The van der Waals surface area contributed by atoms with E-state index in [-0.39, 0.29) is 29.3 Å². The lowest BCUT2D eigenvalue weighted by Gasteiger charge is -2.59. The molecule has 3 saturated carbocycles. The number of aliphatic hydroxyl groups is 4. The normalized spacial score (nSPS) is 58.8. The van der Waals surface area contributed by atoms with Gasteiger partial charge < -0.3 is 20.4 Å². The van der Waals surface area contributed by atoms with E-state index in [2.05, 4.69) is 12.8 Å². The standard InChI is InChI=1S/C22H32O4/c1-5-22(26)12(2)19(25)18-17-15(7-9-21(18,22)4)20(3)8-6-14(23)10-13(20)11-16(17)24/h1,11-12,14-19,23-26H,6-10H2,2-4H3/t12-,14+,15?,16+,17?,18?,19+,20+,21+,22+/m1/s1. The lowest BCUT2D eigenvalue weighted by molar-refractivity contribution is -0.136. The van der Waals surface area contributed by atoms with Crippen molar-refractivity contribution in [1.82, 2.24) is 0 Å². The molecule has 0 heterocycles. The van der Waals surface area contributed by atoms with Gasteiger partial charge in [-0.05, 0) is 49.4 Å². The molecule has 144 valence electrons. The van der Waals surface area contributed by atoms with Gasteiger partial charge in [-0.3, -0.25) is 0 Å². The van der Waals surface area contributed by atoms with Crippen LogP contribution in [-0.2, 0) is 0 Å². The summed E-state index contributed by atoms with van der Waals surface area (Å²) in [7, 11) is 0. The molecule has 0 saturated heterocycles. The molecule has 0 aliphatic heterocycles. The second kappa shape index (κ2) is 5.58. The summed E-state index contributed by atoms with van der Waals surface area (Å²) in [5.74, 6) is 2.09. The van der Waals surface area contributed by atoms with Crippen molar-refractivity contribution in [3.63, 3.8) is 0 Å². The molecule has 4 rings (SSSR count). The van der Waals surface area contributed by atoms with Crippen LogP contribution in [0.3, 0.4) is 0 Å². The predicted octanol–water partition coefficient (Wildman–Crippen LogP) is 1.86. The summed E-state index contributed by atoms with van der Waals surface area (Å²) >= 11 is 0. The SMILES string of the molecule is C#C[C@]1(O)[C@H](C)[C@H](O)C2C3C(CC[C@@]21C)[C@@]1(C)CC[C@H](O)CC1=C[C@@H]3O. The molecule has 0 spiro atoms. The molecule has 4 nitrogen and oxygen atoms in total. The van der Waals surface area contributed by atoms with E-state index in [1.807, 2.05) is 19.9 Å². The minimum absolute atomic E-state index is 0.0513. The van der Waals surface area contributed by atoms with Crippen molar-refractivity contribution in [1.29, 1.82) is 0 Å². The number of terminal acetylenes is 1. The molecule has 0 radical (unpaired) electrons. The molecule has 4 heteroatoms. The molecule has 0 bridgehead atoms. The molecule has 4 aliphatic rings. The molecule has 0 aromatic heterocycles. The van der Waals surface area contributed by atoms with Gasteiger partial charge in [-0.15, -0.1) is 6.42 Å². The number of rotatable bonds is 0. The quantitative estimate of drug-likeness (QED) is 0.393. The average Bonchev–Trinajstić information content (AvgIpc) is 2.75. The maximum absolute atomic E-state index is 11.3. The Morgan fingerprint density at radius 3 is 2.50 bits per heavy atom. The zero-order valence-electron chi connectivity index (χ0n) is 16.0. The Hall–Kier alpha value is -0.860. The van der Waals surface area contributed by atoms with Gasteiger partial charge in [-0.2, -0.15) is 0 Å². The Morgan fingerprint density at radius 1 is 1.15 bits per heavy atom. The summed E-state index contributed by atoms with van der Waals surface area (Å²) in [6.45, 7) is 6.09. The van der Waals surface area contributed by atoms with Gasteiger partial charge in [-0.25, -0.2) is 0 Å². The third-order valence-electron chi connectivity index (χ3n) is 8.99. The second-order valence-corrected chi connectivity index (χ2v) is 9.85. The Kier molecular flexibility index (Phi) is 3.97. The smallest absolute Gasteiger partial charge is 0.135 e. The first-order chi connectivity index (χ1) is 12.1. The fourth-order valence-electron chi connectivity index (χ4n) is 7.32. The fraction of sp³-hybridized carbons (Fsp3) is 0.818. The van der Waals surface area contributed by atoms with Crippen LogP contribution in [0.25, 0.3) is 0 Å². The van der Waals surface area contributed by atoms with E-state index in [9.17, 15) is 20.4 Å². The lowest BCUT2D eigenvalue weighted by atomic mass is 9.46. The van der Waals surface area contributed by atoms with Crippen molar-refractivity contribution in [3.05, 3.63) is 11.6 Å². The van der Waals surface area contributed by atoms with Crippen molar-refractivity contribution < 1.29 is 20.4 Å². The number of hydrogen-bond acceptors (Lipinski definition) is 4. The minimum atomic E-state index is -1.35. The van der Waals surface area contributed by atoms with E-state index in [4.69, 9.17) is 6.42 Å². The molecule has 26 heavy (non-hydrogen) atoms. The van der Waals surface area contributed by atoms with E-state index in [1.54, 1.807) is 0 Å². The van der Waals surface area contributed by atoms with Crippen LogP contribution in [0, 0.1) is 46.8 Å². The van der Waals surface area contributed by atoms with Crippen LogP contribution in [0.1, 0.15) is 52.9 Å². The van der Waals surface area contributed by atoms with Crippen LogP contribution in [0.4, 0.5) is 0 Å². The molecule has 3 fully saturated rings. The van der Waals surface area contributed by atoms with Crippen LogP contribution in [0.5, 0.6) is 0 Å². The fourth-order valence-corrected chi connectivity index (χ4v) is 7.32. The first-order valence-corrected chi connectivity index (χ1v) is 10.1. The van der Waals surface area contributed by atoms with Gasteiger partial charge in [0.05, 0.1) is 18.3 Å². The van der Waals surface area contributed by atoms with Crippen molar-refractivity contribution >= 4 is 0 Å². The molecule has 0 aromatic carbocycles. The Balaban J connectivity index is 1.81. The molecular weight excluding hydrogens is 328 g/mol. The Bertz CT molecular complexity index is 680. The molecule has 0 aromatic rings. The van der Waals surface area contributed by atoms with Crippen LogP contribution in [-0.4, -0.2) is 44.3 Å². The summed E-state index contributed by atoms with van der Waals surface area (Å²) in [6.07, 6.45) is 9.91. The van der Waals surface area contributed by atoms with Gasteiger partial charge >= 0.3 is 0 Å². The van der Waals surface area contributed by atoms with E-state index in [1.165, 1.54) is 5.57 Å². The van der Waals surface area contributed by atoms with Gasteiger partial charge in [0.15, 0.2) is 0 Å². The molecule has 10 atom stereocenters. The van der Waals surface area contributed by atoms with Gasteiger partial charge in [0.25, 0.3) is 0 Å². The Labute approximate surface area is 156 Å². The molecule has 4 N–H and O–H groups in total. The summed E-state index contributed by atoms with van der Waals surface area (Å²) in [6, 6.07) is 0. The molecule has 3 unspecified atom stereocenters. The minimum Gasteiger partial charge on any atom is -0.393 e. The zero-order chi connectivity index (χ0) is 19.1. The van der Waals surface area contributed by atoms with Crippen LogP contribution in [0.15, 0.2) is 11.6 Å². The number of fused-ring (bicyclic) bond motifs is 5. The maximum atomic E-state index is 11.3. The first kappa shape index (κ1) is 18.5. The van der Waals surface area contributed by atoms with Gasteiger partial charge in [-0.1, -0.05) is 38.3 Å². The largest absolute Gasteiger partial charge is 0.393 e. The highest BCUT2D eigenvalue weighted by molar-refractivity contribution is 5.32. The van der Waals surface area contributed by atoms with Crippen molar-refractivity contribution in [2.75, 3.05) is 0 Å². The maximum Gasteiger partial charge on any atom is 0.135 e. The topological polar surface area (TPSA) is 80.9 Å². The highest BCUT2D eigenvalue weighted by Crippen LogP contribution is 2.68. The van der Waals surface area contributed by atoms with Crippen molar-refractivity contribution in [3.8, 4) is 12.3 Å². The predicted molar refractivity (Wildman–Crippen MR) is 98.8 cm³/mol. The number of aliphatic hydroxyl groups excluding tert-OH is 3. The van der Waals surface area contributed by atoms with Crippen LogP contribution in [0.2, 0.25) is 0 Å². The molecule has 0 amide bonds. The molecular formula is C22H32O4. The second-order valence-electron chi connectivity index (χ2n) is 9.85. The van der Waals surface area contributed by atoms with Gasteiger partial charge in [0, 0.05) is 17.3 Å². The summed E-state index contributed by atoms with van der Waals surface area (Å²) in [5, 5.41) is 43.5.